The Balaban J connectivity index is 1.75. The Kier molecular flexibility index (Phi) is 11.8. The van der Waals surface area contributed by atoms with Crippen molar-refractivity contribution < 1.29 is 30.5 Å². The maximum Gasteiger partial charge on any atom is 0.282 e. The normalized spacial score (nSPS) is 14.9. The molecule has 2 heterocycles. The van der Waals surface area contributed by atoms with Crippen LogP contribution in [0.3, 0.4) is 0 Å². The highest BCUT2D eigenvalue weighted by atomic mass is 35.5. The molecule has 0 saturated carbocycles. The van der Waals surface area contributed by atoms with Crippen molar-refractivity contribution >= 4 is 95.1 Å². The fourth-order valence-electron chi connectivity index (χ4n) is 5.51. The molecule has 246 valence electrons. The largest absolute Gasteiger partial charge is 0.748 e. The van der Waals surface area contributed by atoms with Crippen LogP contribution in [0.15, 0.2) is 42.2 Å². The lowest BCUT2D eigenvalue weighted by Crippen LogP contribution is -2.36. The summed E-state index contributed by atoms with van der Waals surface area (Å²) in [5.74, 6) is 0.734. The number of allylic oxidation sites excluding steroid dienone is 2. The SMILES string of the molecule is CCN1C(=CC=Cc2n(CC)c3cc(Cl)c(Cl)cc3[n+]2CCCCS(=O)(=O)[O-])N(CCCCS(=O)(=O)[O-])c2cc(Cl)c(Cl)cc21. The lowest BCUT2D eigenvalue weighted by Gasteiger charge is -2.24. The van der Waals surface area contributed by atoms with Crippen molar-refractivity contribution in [3.8, 4) is 0 Å². The summed E-state index contributed by atoms with van der Waals surface area (Å²) >= 11 is 25.5. The average molecular weight is 740 g/mol. The van der Waals surface area contributed by atoms with E-state index in [0.717, 1.165) is 34.1 Å². The molecular weight excluding hydrogens is 706 g/mol. The van der Waals surface area contributed by atoms with Gasteiger partial charge in [-0.15, -0.1) is 0 Å². The van der Waals surface area contributed by atoms with E-state index in [2.05, 4.69) is 9.47 Å². The summed E-state index contributed by atoms with van der Waals surface area (Å²) in [6, 6.07) is 7.13. The van der Waals surface area contributed by atoms with Gasteiger partial charge in [-0.25, -0.2) is 26.0 Å². The number of hydrogen-bond donors (Lipinski definition) is 0. The van der Waals surface area contributed by atoms with Gasteiger partial charge in [-0.1, -0.05) is 52.5 Å². The Hall–Kier alpha value is -2.03. The molecule has 3 aromatic rings. The van der Waals surface area contributed by atoms with E-state index in [0.29, 0.717) is 59.1 Å². The van der Waals surface area contributed by atoms with E-state index in [1.807, 2.05) is 41.5 Å². The van der Waals surface area contributed by atoms with Gasteiger partial charge in [0.1, 0.15) is 5.82 Å². The van der Waals surface area contributed by atoms with Crippen molar-refractivity contribution in [2.45, 2.75) is 52.6 Å². The van der Waals surface area contributed by atoms with Gasteiger partial charge in [0.2, 0.25) is 0 Å². The second-order valence-corrected chi connectivity index (χ2v) is 15.2. The summed E-state index contributed by atoms with van der Waals surface area (Å²) in [6.07, 6.45) is 7.08. The van der Waals surface area contributed by atoms with Crippen molar-refractivity contribution in [3.63, 3.8) is 0 Å². The highest BCUT2D eigenvalue weighted by molar-refractivity contribution is 7.85. The first-order chi connectivity index (χ1) is 21.1. The smallest absolute Gasteiger partial charge is 0.282 e. The van der Waals surface area contributed by atoms with Crippen LogP contribution >= 0.6 is 46.4 Å². The topological polar surface area (TPSA) is 130 Å². The van der Waals surface area contributed by atoms with Crippen LogP contribution in [0.5, 0.6) is 0 Å². The number of halogens is 4. The van der Waals surface area contributed by atoms with Crippen LogP contribution in [-0.4, -0.2) is 55.1 Å². The molecule has 16 heteroatoms. The van der Waals surface area contributed by atoms with Gasteiger partial charge in [-0.05, 0) is 57.7 Å². The molecule has 1 aromatic heterocycles. The maximum absolute atomic E-state index is 11.2. The van der Waals surface area contributed by atoms with Crippen LogP contribution in [0.4, 0.5) is 11.4 Å². The summed E-state index contributed by atoms with van der Waals surface area (Å²) in [5, 5.41) is 1.56. The number of unbranched alkanes of at least 4 members (excludes halogenated alkanes) is 2. The van der Waals surface area contributed by atoms with Gasteiger partial charge in [-0.3, -0.25) is 0 Å². The minimum Gasteiger partial charge on any atom is -0.748 e. The number of anilines is 2. The number of aromatic nitrogens is 2. The van der Waals surface area contributed by atoms with Crippen molar-refractivity contribution in [2.24, 2.45) is 0 Å². The molecule has 0 fully saturated rings. The molecule has 0 spiro atoms. The van der Waals surface area contributed by atoms with Crippen LogP contribution in [-0.2, 0) is 33.3 Å². The Morgan fingerprint density at radius 3 is 1.89 bits per heavy atom. The highest BCUT2D eigenvalue weighted by Crippen LogP contribution is 2.45. The highest BCUT2D eigenvalue weighted by Gasteiger charge is 2.31. The van der Waals surface area contributed by atoms with Gasteiger partial charge in [0.25, 0.3) is 5.82 Å². The van der Waals surface area contributed by atoms with Gasteiger partial charge in [0.05, 0.1) is 64.8 Å². The van der Waals surface area contributed by atoms with Crippen LogP contribution in [0.1, 0.15) is 45.4 Å². The van der Waals surface area contributed by atoms with Crippen LogP contribution in [0, 0.1) is 0 Å². The molecule has 0 radical (unpaired) electrons. The third kappa shape index (κ3) is 8.66. The first kappa shape index (κ1) is 35.8. The third-order valence-corrected chi connectivity index (χ3v) is 10.5. The van der Waals surface area contributed by atoms with E-state index in [1.54, 1.807) is 24.3 Å². The first-order valence-electron chi connectivity index (χ1n) is 14.4. The quantitative estimate of drug-likeness (QED) is 0.105. The van der Waals surface area contributed by atoms with E-state index >= 15 is 0 Å². The van der Waals surface area contributed by atoms with Crippen LogP contribution < -0.4 is 14.4 Å². The van der Waals surface area contributed by atoms with Crippen molar-refractivity contribution in [3.05, 3.63) is 68.2 Å². The van der Waals surface area contributed by atoms with Gasteiger partial charge >= 0.3 is 0 Å². The number of fused-ring (bicyclic) bond motifs is 2. The zero-order valence-electron chi connectivity index (χ0n) is 24.7. The van der Waals surface area contributed by atoms with Crippen LogP contribution in [0.25, 0.3) is 17.1 Å². The lowest BCUT2D eigenvalue weighted by molar-refractivity contribution is -0.674. The number of aryl methyl sites for hydroxylation is 2. The summed E-state index contributed by atoms with van der Waals surface area (Å²) in [4.78, 5) is 4.09. The second kappa shape index (κ2) is 14.8. The molecule has 1 aliphatic heterocycles. The molecule has 45 heavy (non-hydrogen) atoms. The standard InChI is InChI=1S/C29H34Cl4N4O6S2/c1-3-34-24-16-20(30)22(32)18-26(24)36(12-5-7-14-44(38,39)40)28(34)10-9-11-29-35(4-2)25-17-21(31)23(33)19-27(25)37(29)13-6-8-15-45(41,42)43/h9-11,16-19H,3-8,12-15H2,1-2H3,(H-,38,39,40,41,42,43)/p-1. The number of nitrogens with zero attached hydrogens (tertiary/aromatic N) is 4. The molecule has 0 bridgehead atoms. The molecule has 0 N–H and O–H groups in total. The third-order valence-electron chi connectivity index (χ3n) is 7.48. The van der Waals surface area contributed by atoms with Crippen LogP contribution in [0.2, 0.25) is 20.1 Å². The van der Waals surface area contributed by atoms with E-state index in [-0.39, 0.29) is 12.8 Å². The summed E-state index contributed by atoms with van der Waals surface area (Å²) in [6.45, 7) is 6.07. The van der Waals surface area contributed by atoms with Crippen molar-refractivity contribution in [1.82, 2.24) is 4.57 Å². The van der Waals surface area contributed by atoms with Crippen molar-refractivity contribution in [1.29, 1.82) is 0 Å². The summed E-state index contributed by atoms with van der Waals surface area (Å²) in [7, 11) is -8.64. The monoisotopic (exact) mass is 737 g/mol. The number of imidazole rings is 1. The molecule has 0 saturated heterocycles. The summed E-state index contributed by atoms with van der Waals surface area (Å²) < 4.78 is 71.1. The van der Waals surface area contributed by atoms with Gasteiger partial charge in [-0.2, -0.15) is 0 Å². The number of hydrogen-bond acceptors (Lipinski definition) is 8. The molecule has 0 amide bonds. The van der Waals surface area contributed by atoms with E-state index in [9.17, 15) is 25.9 Å². The van der Waals surface area contributed by atoms with E-state index < -0.39 is 31.7 Å². The molecule has 1 aliphatic rings. The Morgan fingerprint density at radius 1 is 0.756 bits per heavy atom. The Labute approximate surface area is 283 Å². The minimum atomic E-state index is -4.32. The predicted molar refractivity (Wildman–Crippen MR) is 179 cm³/mol. The van der Waals surface area contributed by atoms with Gasteiger partial charge < -0.3 is 18.9 Å². The van der Waals surface area contributed by atoms with Crippen molar-refractivity contribution in [2.75, 3.05) is 34.4 Å². The molecule has 0 unspecified atom stereocenters. The fourth-order valence-corrected chi connectivity index (χ4v) is 7.26. The maximum atomic E-state index is 11.2. The van der Waals surface area contributed by atoms with Gasteiger partial charge in [0, 0.05) is 42.8 Å². The van der Waals surface area contributed by atoms with E-state index in [1.165, 1.54) is 0 Å². The first-order valence-corrected chi connectivity index (χ1v) is 19.0. The zero-order valence-corrected chi connectivity index (χ0v) is 29.3. The van der Waals surface area contributed by atoms with Gasteiger partial charge in [0.15, 0.2) is 11.0 Å². The minimum absolute atomic E-state index is 0.212. The average Bonchev–Trinajstić information content (AvgIpc) is 3.38. The zero-order chi connectivity index (χ0) is 33.1. The number of rotatable bonds is 14. The molecule has 0 atom stereocenters. The molecule has 2 aromatic carbocycles. The number of benzene rings is 2. The van der Waals surface area contributed by atoms with E-state index in [4.69, 9.17) is 46.4 Å². The summed E-state index contributed by atoms with van der Waals surface area (Å²) in [5.41, 5.74) is 3.31. The second-order valence-electron chi connectivity index (χ2n) is 10.5. The predicted octanol–water partition coefficient (Wildman–Crippen LogP) is 6.41. The molecular formula is C29H33Cl4N4O6S2-. The molecule has 0 aliphatic carbocycles. The molecule has 4 rings (SSSR count). The Bertz CT molecular complexity index is 1860. The fraction of sp³-hybridized carbons (Fsp3) is 0.414. The Morgan fingerprint density at radius 2 is 1.31 bits per heavy atom. The molecule has 10 nitrogen and oxygen atoms in total. The lowest BCUT2D eigenvalue weighted by atomic mass is 10.2.